The number of phenols is 2. The molecular weight excluding hydrogens is 326 g/mol. The summed E-state index contributed by atoms with van der Waals surface area (Å²) in [6.45, 7) is 4.69. The average molecular weight is 347 g/mol. The van der Waals surface area contributed by atoms with Crippen molar-refractivity contribution in [3.05, 3.63) is 59.2 Å². The van der Waals surface area contributed by atoms with E-state index in [2.05, 4.69) is 10.2 Å². The predicted molar refractivity (Wildman–Crippen MR) is 102 cm³/mol. The van der Waals surface area contributed by atoms with E-state index in [1.807, 2.05) is 49.1 Å². The van der Waals surface area contributed by atoms with Crippen LogP contribution in [-0.4, -0.2) is 27.0 Å². The molecule has 0 unspecified atom stereocenters. The van der Waals surface area contributed by atoms with Crippen LogP contribution in [-0.2, 0) is 6.42 Å². The van der Waals surface area contributed by atoms with Gasteiger partial charge in [-0.1, -0.05) is 18.2 Å². The molecule has 26 heavy (non-hydrogen) atoms. The minimum absolute atomic E-state index is 0.213. The molecule has 5 heteroatoms. The van der Waals surface area contributed by atoms with Crippen molar-refractivity contribution in [2.45, 2.75) is 26.7 Å². The quantitative estimate of drug-likeness (QED) is 0.725. The third-order valence-electron chi connectivity index (χ3n) is 4.84. The Labute approximate surface area is 152 Å². The summed E-state index contributed by atoms with van der Waals surface area (Å²) in [6, 6.07) is 13.1. The monoisotopic (exact) mass is 347 g/mol. The molecule has 0 saturated heterocycles. The van der Waals surface area contributed by atoms with E-state index in [9.17, 15) is 10.2 Å². The van der Waals surface area contributed by atoms with Crippen molar-refractivity contribution < 1.29 is 10.2 Å². The molecule has 2 heterocycles. The van der Waals surface area contributed by atoms with Gasteiger partial charge < -0.3 is 15.1 Å². The molecule has 0 atom stereocenters. The third kappa shape index (κ3) is 2.75. The van der Waals surface area contributed by atoms with Gasteiger partial charge in [0.05, 0.1) is 11.4 Å². The second-order valence-electron chi connectivity index (χ2n) is 6.79. The van der Waals surface area contributed by atoms with E-state index >= 15 is 0 Å². The number of rotatable bonds is 2. The van der Waals surface area contributed by atoms with Gasteiger partial charge in [0.2, 0.25) is 0 Å². The topological polar surface area (TPSA) is 69.5 Å². The van der Waals surface area contributed by atoms with Crippen molar-refractivity contribution >= 4 is 11.5 Å². The zero-order valence-electron chi connectivity index (χ0n) is 14.9. The highest BCUT2D eigenvalue weighted by atomic mass is 16.3. The first kappa shape index (κ1) is 16.4. The van der Waals surface area contributed by atoms with Crippen LogP contribution in [0.4, 0.5) is 11.5 Å². The first-order valence-corrected chi connectivity index (χ1v) is 8.77. The van der Waals surface area contributed by atoms with Crippen molar-refractivity contribution in [2.24, 2.45) is 0 Å². The number of aromatic nitrogens is 2. The SMILES string of the molecule is Cc1cc(C)c(-c2ccc(N3CCCc4cccc(O)c43)nn2)c(O)c1. The van der Waals surface area contributed by atoms with Gasteiger partial charge in [0.15, 0.2) is 5.82 Å². The standard InChI is InChI=1S/C21H21N3O2/c1-13-11-14(2)20(18(26)12-13)16-8-9-19(23-22-16)24-10-4-6-15-5-3-7-17(25)21(15)24/h3,5,7-9,11-12,25-26H,4,6,10H2,1-2H3. The first-order valence-electron chi connectivity index (χ1n) is 8.77. The molecule has 0 aliphatic carbocycles. The van der Waals surface area contributed by atoms with Gasteiger partial charge in [-0.2, -0.15) is 0 Å². The van der Waals surface area contributed by atoms with Crippen molar-refractivity contribution in [3.8, 4) is 22.8 Å². The van der Waals surface area contributed by atoms with E-state index in [0.717, 1.165) is 41.8 Å². The number of hydrogen-bond donors (Lipinski definition) is 2. The normalized spacial score (nSPS) is 13.5. The summed E-state index contributed by atoms with van der Waals surface area (Å²) in [5, 5.41) is 29.3. The number of benzene rings is 2. The summed E-state index contributed by atoms with van der Waals surface area (Å²) in [5.74, 6) is 1.17. The van der Waals surface area contributed by atoms with Gasteiger partial charge in [-0.25, -0.2) is 0 Å². The van der Waals surface area contributed by atoms with E-state index in [4.69, 9.17) is 0 Å². The largest absolute Gasteiger partial charge is 0.507 e. The number of para-hydroxylation sites is 1. The molecule has 5 nitrogen and oxygen atoms in total. The number of anilines is 2. The molecule has 0 spiro atoms. The molecule has 132 valence electrons. The van der Waals surface area contributed by atoms with Gasteiger partial charge in [0, 0.05) is 12.1 Å². The Balaban J connectivity index is 1.73. The number of hydrogen-bond acceptors (Lipinski definition) is 5. The zero-order chi connectivity index (χ0) is 18.3. The molecule has 0 radical (unpaired) electrons. The molecule has 1 aliphatic heterocycles. The Morgan fingerprint density at radius 3 is 2.54 bits per heavy atom. The predicted octanol–water partition coefficient (Wildman–Crippen LogP) is 4.26. The summed E-state index contributed by atoms with van der Waals surface area (Å²) >= 11 is 0. The molecule has 2 aromatic carbocycles. The maximum Gasteiger partial charge on any atom is 0.155 e. The highest BCUT2D eigenvalue weighted by Gasteiger charge is 2.23. The van der Waals surface area contributed by atoms with E-state index in [-0.39, 0.29) is 11.5 Å². The number of aryl methyl sites for hydroxylation is 3. The number of nitrogens with zero attached hydrogens (tertiary/aromatic N) is 3. The first-order chi connectivity index (χ1) is 12.5. The van der Waals surface area contributed by atoms with Crippen LogP contribution in [0, 0.1) is 13.8 Å². The molecule has 0 fully saturated rings. The van der Waals surface area contributed by atoms with Gasteiger partial charge >= 0.3 is 0 Å². The molecule has 2 N–H and O–H groups in total. The minimum atomic E-state index is 0.213. The van der Waals surface area contributed by atoms with Gasteiger partial charge in [-0.15, -0.1) is 10.2 Å². The number of phenolic OH excluding ortho intramolecular Hbond substituents is 2. The fraction of sp³-hybridized carbons (Fsp3) is 0.238. The molecule has 0 saturated carbocycles. The van der Waals surface area contributed by atoms with Crippen LogP contribution in [0.5, 0.6) is 11.5 Å². The number of aromatic hydroxyl groups is 2. The maximum absolute atomic E-state index is 10.3. The number of fused-ring (bicyclic) bond motifs is 1. The van der Waals surface area contributed by atoms with E-state index in [0.29, 0.717) is 17.1 Å². The van der Waals surface area contributed by atoms with Crippen LogP contribution in [0.3, 0.4) is 0 Å². The molecule has 0 bridgehead atoms. The van der Waals surface area contributed by atoms with Gasteiger partial charge in [-0.3, -0.25) is 0 Å². The lowest BCUT2D eigenvalue weighted by atomic mass is 10.0. The van der Waals surface area contributed by atoms with Crippen molar-refractivity contribution in [1.29, 1.82) is 0 Å². The Kier molecular flexibility index (Phi) is 3.99. The Morgan fingerprint density at radius 2 is 1.81 bits per heavy atom. The van der Waals surface area contributed by atoms with E-state index < -0.39 is 0 Å². The lowest BCUT2D eigenvalue weighted by molar-refractivity contribution is 0.472. The average Bonchev–Trinajstić information content (AvgIpc) is 2.61. The van der Waals surface area contributed by atoms with Crippen molar-refractivity contribution in [2.75, 3.05) is 11.4 Å². The molecule has 3 aromatic rings. The molecule has 1 aromatic heterocycles. The third-order valence-corrected chi connectivity index (χ3v) is 4.84. The second-order valence-corrected chi connectivity index (χ2v) is 6.79. The highest BCUT2D eigenvalue weighted by molar-refractivity contribution is 5.74. The molecule has 1 aliphatic rings. The fourth-order valence-corrected chi connectivity index (χ4v) is 3.74. The van der Waals surface area contributed by atoms with Crippen LogP contribution in [0.15, 0.2) is 42.5 Å². The van der Waals surface area contributed by atoms with Crippen LogP contribution in [0.25, 0.3) is 11.3 Å². The summed E-state index contributed by atoms with van der Waals surface area (Å²) in [4.78, 5) is 2.01. The summed E-state index contributed by atoms with van der Waals surface area (Å²) in [6.07, 6.45) is 1.94. The summed E-state index contributed by atoms with van der Waals surface area (Å²) in [7, 11) is 0. The van der Waals surface area contributed by atoms with Crippen LogP contribution < -0.4 is 4.90 Å². The fourth-order valence-electron chi connectivity index (χ4n) is 3.74. The Morgan fingerprint density at radius 1 is 0.962 bits per heavy atom. The van der Waals surface area contributed by atoms with Gasteiger partial charge in [0.25, 0.3) is 0 Å². The zero-order valence-corrected chi connectivity index (χ0v) is 14.9. The van der Waals surface area contributed by atoms with Crippen LogP contribution in [0.2, 0.25) is 0 Å². The lowest BCUT2D eigenvalue weighted by Crippen LogP contribution is -2.25. The van der Waals surface area contributed by atoms with Crippen molar-refractivity contribution in [1.82, 2.24) is 10.2 Å². The van der Waals surface area contributed by atoms with E-state index in [1.54, 1.807) is 12.1 Å². The second kappa shape index (κ2) is 6.33. The summed E-state index contributed by atoms with van der Waals surface area (Å²) in [5.41, 5.74) is 5.25. The Bertz CT molecular complexity index is 944. The Hall–Kier alpha value is -3.08. The minimum Gasteiger partial charge on any atom is -0.507 e. The highest BCUT2D eigenvalue weighted by Crippen LogP contribution is 2.39. The van der Waals surface area contributed by atoms with Crippen LogP contribution in [0.1, 0.15) is 23.1 Å². The smallest absolute Gasteiger partial charge is 0.155 e. The van der Waals surface area contributed by atoms with Gasteiger partial charge in [-0.05, 0) is 67.6 Å². The molecular formula is C21H21N3O2. The molecule has 0 amide bonds. The van der Waals surface area contributed by atoms with E-state index in [1.165, 1.54) is 0 Å². The lowest BCUT2D eigenvalue weighted by Gasteiger charge is -2.30. The van der Waals surface area contributed by atoms with Crippen molar-refractivity contribution in [3.63, 3.8) is 0 Å². The molecule has 4 rings (SSSR count). The maximum atomic E-state index is 10.3. The van der Waals surface area contributed by atoms with Gasteiger partial charge in [0.1, 0.15) is 11.5 Å². The summed E-state index contributed by atoms with van der Waals surface area (Å²) < 4.78 is 0. The van der Waals surface area contributed by atoms with Crippen LogP contribution >= 0.6 is 0 Å².